The molecule has 0 amide bonds. The minimum atomic E-state index is 0.303. The van der Waals surface area contributed by atoms with E-state index >= 15 is 0 Å². The maximum atomic E-state index is 7.19. The van der Waals surface area contributed by atoms with Gasteiger partial charge in [-0.25, -0.2) is 0 Å². The monoisotopic (exact) mass is 980 g/mol. The van der Waals surface area contributed by atoms with Crippen LogP contribution in [0.1, 0.15) is 69.2 Å². The Morgan fingerprint density at radius 3 is 0.808 bits per heavy atom. The van der Waals surface area contributed by atoms with E-state index in [1.54, 1.807) is 4.80 Å². The minimum Gasteiger partial charge on any atom is -0.493 e. The number of hydrogen-bond acceptors (Lipinski definition) is 10. The predicted octanol–water partition coefficient (Wildman–Crippen LogP) is 15.7. The quantitative estimate of drug-likeness (QED) is 0.0634. The zero-order valence-corrected chi connectivity index (χ0v) is 44.3. The van der Waals surface area contributed by atoms with Crippen molar-refractivity contribution in [3.63, 3.8) is 0 Å². The Hall–Kier alpha value is -7.66. The summed E-state index contributed by atoms with van der Waals surface area (Å²) in [5.41, 5.74) is 25.7. The lowest BCUT2D eigenvalue weighted by Crippen LogP contribution is -2.11. The number of rotatable bonds is 22. The molecule has 1 heterocycles. The summed E-state index contributed by atoms with van der Waals surface area (Å²) in [5, 5.41) is 10.3. The Morgan fingerprint density at radius 2 is 0.589 bits per heavy atom. The van der Waals surface area contributed by atoms with Crippen LogP contribution in [0.4, 0.5) is 45.5 Å². The predicted molar refractivity (Wildman–Crippen MR) is 303 cm³/mol. The van der Waals surface area contributed by atoms with Crippen LogP contribution >= 0.6 is 0 Å². The van der Waals surface area contributed by atoms with Gasteiger partial charge in [0.05, 0.1) is 44.3 Å². The van der Waals surface area contributed by atoms with Gasteiger partial charge in [0.2, 0.25) is 0 Å². The molecule has 0 aliphatic carbocycles. The maximum Gasteiger partial charge on any atom is 0.123 e. The van der Waals surface area contributed by atoms with E-state index in [0.29, 0.717) is 85.0 Å². The van der Waals surface area contributed by atoms with Crippen LogP contribution in [0.2, 0.25) is 0 Å². The minimum absolute atomic E-state index is 0.303. The molecule has 8 aromatic rings. The number of nitrogens with two attached hydrogens (primary N) is 2. The van der Waals surface area contributed by atoms with Gasteiger partial charge in [-0.3, -0.25) is 0 Å². The van der Waals surface area contributed by atoms with E-state index in [-0.39, 0.29) is 0 Å². The van der Waals surface area contributed by atoms with Crippen LogP contribution in [0.15, 0.2) is 146 Å². The Balaban J connectivity index is 1.16. The Kier molecular flexibility index (Phi) is 16.5. The largest absolute Gasteiger partial charge is 0.493 e. The first kappa shape index (κ1) is 51.7. The number of aromatic nitrogens is 3. The summed E-state index contributed by atoms with van der Waals surface area (Å²) in [5.74, 6) is 5.32. The van der Waals surface area contributed by atoms with Crippen molar-refractivity contribution in [2.45, 2.75) is 75.8 Å². The standard InChI is InChI=1S/C62H73N7O4/c1-40(2)35-67-65-61-57(45-11-15-47(16-12-45)68(49-19-27-53(28-20-49)70-36-41(3)4)50-21-29-54(30-22-50)71-37-42(5)6)59(63)60(64)58(62(61)66-67)46-13-17-48(18-14-46)69(51-23-31-55(32-24-51)72-38-43(7)8)52-25-33-56(34-26-52)73-39-44(9)10/h11-34,40-44H,35-39,63-64H2,1-10H3. The van der Waals surface area contributed by atoms with Crippen LogP contribution in [0, 0.1) is 29.6 Å². The highest BCUT2D eigenvalue weighted by Gasteiger charge is 2.25. The number of nitrogens with zero attached hydrogens (tertiary/aromatic N) is 5. The van der Waals surface area contributed by atoms with E-state index in [2.05, 4.69) is 176 Å². The molecule has 0 fully saturated rings. The van der Waals surface area contributed by atoms with Crippen molar-refractivity contribution >= 4 is 56.5 Å². The highest BCUT2D eigenvalue weighted by atomic mass is 16.5. The van der Waals surface area contributed by atoms with Crippen molar-refractivity contribution in [3.8, 4) is 45.3 Å². The van der Waals surface area contributed by atoms with Crippen molar-refractivity contribution in [2.24, 2.45) is 29.6 Å². The summed E-state index contributed by atoms with van der Waals surface area (Å²) in [6, 6.07) is 49.7. The number of nitrogen functional groups attached to an aromatic ring is 2. The molecule has 0 atom stereocenters. The van der Waals surface area contributed by atoms with E-state index in [4.69, 9.17) is 40.6 Å². The molecule has 73 heavy (non-hydrogen) atoms. The highest BCUT2D eigenvalue weighted by Crippen LogP contribution is 2.46. The van der Waals surface area contributed by atoms with Crippen LogP contribution in [0.5, 0.6) is 23.0 Å². The Bertz CT molecular complexity index is 2710. The lowest BCUT2D eigenvalue weighted by molar-refractivity contribution is 0.271. The van der Waals surface area contributed by atoms with Gasteiger partial charge in [-0.05, 0) is 162 Å². The molecule has 0 aliphatic rings. The number of benzene rings is 7. The smallest absolute Gasteiger partial charge is 0.123 e. The molecule has 0 bridgehead atoms. The fourth-order valence-electron chi connectivity index (χ4n) is 8.47. The molecular formula is C62H73N7O4. The molecule has 380 valence electrons. The summed E-state index contributed by atoms with van der Waals surface area (Å²) < 4.78 is 24.2. The third-order valence-corrected chi connectivity index (χ3v) is 12.0. The molecule has 0 radical (unpaired) electrons. The molecule has 0 saturated heterocycles. The summed E-state index contributed by atoms with van der Waals surface area (Å²) in [7, 11) is 0. The molecular weight excluding hydrogens is 907 g/mol. The summed E-state index contributed by atoms with van der Waals surface area (Å²) >= 11 is 0. The molecule has 1 aromatic heterocycles. The normalized spacial score (nSPS) is 11.6. The van der Waals surface area contributed by atoms with E-state index in [1.807, 2.05) is 48.5 Å². The SMILES string of the molecule is CC(C)COc1ccc(N(c2ccc(OCC(C)C)cc2)c2ccc(-c3c(N)c(N)c(-c4ccc(N(c5ccc(OCC(C)C)cc5)c5ccc(OCC(C)C)cc5)cc4)c4nn(CC(C)C)nc34)cc2)cc1. The van der Waals surface area contributed by atoms with Crippen LogP contribution in [-0.2, 0) is 6.54 Å². The number of hydrogen-bond donors (Lipinski definition) is 2. The second kappa shape index (κ2) is 23.3. The number of anilines is 8. The van der Waals surface area contributed by atoms with Gasteiger partial charge in [-0.1, -0.05) is 93.5 Å². The topological polar surface area (TPSA) is 126 Å². The summed E-state index contributed by atoms with van der Waals surface area (Å²) in [4.78, 5) is 6.22. The molecule has 4 N–H and O–H groups in total. The van der Waals surface area contributed by atoms with Gasteiger partial charge >= 0.3 is 0 Å². The average molecular weight is 980 g/mol. The van der Waals surface area contributed by atoms with E-state index < -0.39 is 0 Å². The molecule has 11 nitrogen and oxygen atoms in total. The van der Waals surface area contributed by atoms with Crippen LogP contribution in [0.25, 0.3) is 33.3 Å². The zero-order valence-electron chi connectivity index (χ0n) is 44.3. The van der Waals surface area contributed by atoms with Crippen molar-refractivity contribution in [1.29, 1.82) is 0 Å². The first-order valence-corrected chi connectivity index (χ1v) is 25.8. The molecule has 11 heteroatoms. The molecule has 8 rings (SSSR count). The zero-order chi connectivity index (χ0) is 51.8. The average Bonchev–Trinajstić information content (AvgIpc) is 3.78. The first-order chi connectivity index (χ1) is 35.1. The van der Waals surface area contributed by atoms with E-state index in [9.17, 15) is 0 Å². The lowest BCUT2D eigenvalue weighted by atomic mass is 9.93. The summed E-state index contributed by atoms with van der Waals surface area (Å²) in [6.45, 7) is 24.7. The van der Waals surface area contributed by atoms with Gasteiger partial charge in [0.1, 0.15) is 34.0 Å². The maximum absolute atomic E-state index is 7.19. The fourth-order valence-corrected chi connectivity index (χ4v) is 8.47. The van der Waals surface area contributed by atoms with Crippen LogP contribution in [-0.4, -0.2) is 41.4 Å². The highest BCUT2D eigenvalue weighted by molar-refractivity contribution is 6.12. The van der Waals surface area contributed by atoms with Gasteiger partial charge in [0, 0.05) is 45.3 Å². The summed E-state index contributed by atoms with van der Waals surface area (Å²) in [6.07, 6.45) is 0. The molecule has 7 aromatic carbocycles. The third kappa shape index (κ3) is 12.7. The first-order valence-electron chi connectivity index (χ1n) is 25.8. The van der Waals surface area contributed by atoms with E-state index in [0.717, 1.165) is 79.4 Å². The van der Waals surface area contributed by atoms with Gasteiger partial charge in [-0.15, -0.1) is 0 Å². The van der Waals surface area contributed by atoms with Crippen molar-refractivity contribution in [1.82, 2.24) is 15.0 Å². The van der Waals surface area contributed by atoms with E-state index in [1.165, 1.54) is 0 Å². The second-order valence-electron chi connectivity index (χ2n) is 21.0. The fraction of sp³-hybridized carbons (Fsp3) is 0.323. The van der Waals surface area contributed by atoms with Gasteiger partial charge in [-0.2, -0.15) is 15.0 Å². The molecule has 0 spiro atoms. The lowest BCUT2D eigenvalue weighted by Gasteiger charge is -2.26. The molecule has 0 saturated carbocycles. The van der Waals surface area contributed by atoms with Gasteiger partial charge < -0.3 is 40.2 Å². The van der Waals surface area contributed by atoms with Crippen molar-refractivity contribution < 1.29 is 18.9 Å². The van der Waals surface area contributed by atoms with Gasteiger partial charge in [0.25, 0.3) is 0 Å². The third-order valence-electron chi connectivity index (χ3n) is 12.0. The second-order valence-corrected chi connectivity index (χ2v) is 21.0. The number of fused-ring (bicyclic) bond motifs is 1. The number of ether oxygens (including phenoxy) is 4. The Morgan fingerprint density at radius 1 is 0.356 bits per heavy atom. The molecule has 0 unspecified atom stereocenters. The molecule has 0 aliphatic heterocycles. The van der Waals surface area contributed by atoms with Crippen LogP contribution in [0.3, 0.4) is 0 Å². The van der Waals surface area contributed by atoms with Crippen molar-refractivity contribution in [3.05, 3.63) is 146 Å². The Labute approximate surface area is 432 Å². The van der Waals surface area contributed by atoms with Crippen molar-refractivity contribution in [2.75, 3.05) is 47.7 Å². The van der Waals surface area contributed by atoms with Crippen LogP contribution < -0.4 is 40.2 Å². The van der Waals surface area contributed by atoms with Gasteiger partial charge in [0.15, 0.2) is 0 Å².